The number of amides is 2. The van der Waals surface area contributed by atoms with E-state index >= 15 is 0 Å². The second-order valence-corrected chi connectivity index (χ2v) is 9.68. The number of anilines is 1. The first-order valence-corrected chi connectivity index (χ1v) is 12.6. The largest absolute Gasteiger partial charge is 0.493 e. The summed E-state index contributed by atoms with van der Waals surface area (Å²) in [5.74, 6) is -0.00736. The van der Waals surface area contributed by atoms with Crippen molar-refractivity contribution in [3.05, 3.63) is 89.5 Å². The average molecular weight is 541 g/mol. The van der Waals surface area contributed by atoms with E-state index in [0.29, 0.717) is 28.3 Å². The van der Waals surface area contributed by atoms with Crippen molar-refractivity contribution in [1.82, 2.24) is 5.32 Å². The van der Waals surface area contributed by atoms with Crippen LogP contribution >= 0.6 is 0 Å². The molecule has 0 aromatic heterocycles. The van der Waals surface area contributed by atoms with Crippen molar-refractivity contribution < 1.29 is 32.2 Å². The number of alkyl halides is 3. The minimum absolute atomic E-state index is 0.0371. The molecule has 0 heterocycles. The molecule has 0 radical (unpaired) electrons. The van der Waals surface area contributed by atoms with E-state index in [9.17, 15) is 22.8 Å². The fraction of sp³-hybridized carbons (Fsp3) is 0.333. The third kappa shape index (κ3) is 6.19. The Bertz CT molecular complexity index is 1310. The monoisotopic (exact) mass is 540 g/mol. The number of carbonyl (C=O) groups is 2. The van der Waals surface area contributed by atoms with Crippen LogP contribution in [0.5, 0.6) is 11.5 Å². The van der Waals surface area contributed by atoms with Gasteiger partial charge < -0.3 is 19.7 Å². The Morgan fingerprint density at radius 1 is 0.897 bits per heavy atom. The van der Waals surface area contributed by atoms with Crippen LogP contribution in [-0.4, -0.2) is 38.6 Å². The van der Waals surface area contributed by atoms with Crippen molar-refractivity contribution in [2.75, 3.05) is 25.7 Å². The van der Waals surface area contributed by atoms with Crippen LogP contribution in [0.15, 0.2) is 72.8 Å². The topological polar surface area (TPSA) is 67.9 Å². The number of hydrogen-bond acceptors (Lipinski definition) is 4. The van der Waals surface area contributed by atoms with E-state index in [1.165, 1.54) is 31.3 Å². The van der Waals surface area contributed by atoms with Gasteiger partial charge in [-0.2, -0.15) is 13.2 Å². The molecule has 1 unspecified atom stereocenters. The normalized spacial score (nSPS) is 14.7. The van der Waals surface area contributed by atoms with Gasteiger partial charge in [-0.3, -0.25) is 9.59 Å². The van der Waals surface area contributed by atoms with Crippen LogP contribution in [-0.2, 0) is 27.6 Å². The van der Waals surface area contributed by atoms with Crippen molar-refractivity contribution >= 4 is 17.5 Å². The van der Waals surface area contributed by atoms with Crippen LogP contribution < -0.4 is 19.7 Å². The molecule has 1 saturated carbocycles. The molecule has 1 aliphatic carbocycles. The summed E-state index contributed by atoms with van der Waals surface area (Å²) in [7, 11) is 2.98. The van der Waals surface area contributed by atoms with Gasteiger partial charge in [0.15, 0.2) is 11.5 Å². The molecular formula is C30H31F3N2O4. The van der Waals surface area contributed by atoms with Gasteiger partial charge in [0.1, 0.15) is 5.41 Å². The molecule has 39 heavy (non-hydrogen) atoms. The first-order chi connectivity index (χ1) is 18.6. The van der Waals surface area contributed by atoms with Crippen LogP contribution in [0.4, 0.5) is 18.9 Å². The Hall–Kier alpha value is -4.01. The molecule has 6 nitrogen and oxygen atoms in total. The van der Waals surface area contributed by atoms with E-state index in [1.54, 1.807) is 49.4 Å². The minimum Gasteiger partial charge on any atom is -0.493 e. The first-order valence-electron chi connectivity index (χ1n) is 12.6. The van der Waals surface area contributed by atoms with E-state index in [2.05, 4.69) is 5.32 Å². The second-order valence-electron chi connectivity index (χ2n) is 9.68. The molecule has 1 fully saturated rings. The molecule has 0 saturated heterocycles. The van der Waals surface area contributed by atoms with Gasteiger partial charge in [-0.05, 0) is 61.6 Å². The number of nitrogens with zero attached hydrogens (tertiary/aromatic N) is 1. The zero-order valence-corrected chi connectivity index (χ0v) is 22.0. The summed E-state index contributed by atoms with van der Waals surface area (Å²) in [6, 6.07) is 18.7. The number of carbonyl (C=O) groups excluding carboxylic acids is 2. The Kier molecular flexibility index (Phi) is 8.18. The van der Waals surface area contributed by atoms with E-state index < -0.39 is 29.0 Å². The van der Waals surface area contributed by atoms with Crippen LogP contribution in [0.1, 0.15) is 36.5 Å². The molecule has 0 aliphatic heterocycles. The standard InChI is InChI=1S/C30H31F3N2O4/c1-29(21-7-5-4-6-8-21,27(36)34-23-13-14-23)28(37)35(24-15-16-25(38-2)26(19-24)39-3)18-17-20-9-11-22(12-10-20)30(31,32)33/h4-12,15-16,19,23H,13-14,17-18H2,1-3H3,(H,34,36). The summed E-state index contributed by atoms with van der Waals surface area (Å²) >= 11 is 0. The highest BCUT2D eigenvalue weighted by atomic mass is 19.4. The maximum atomic E-state index is 14.4. The van der Waals surface area contributed by atoms with E-state index in [4.69, 9.17) is 9.47 Å². The summed E-state index contributed by atoms with van der Waals surface area (Å²) in [5.41, 5.74) is -0.686. The number of halogens is 3. The van der Waals surface area contributed by atoms with Gasteiger partial charge >= 0.3 is 6.18 Å². The smallest absolute Gasteiger partial charge is 0.416 e. The van der Waals surface area contributed by atoms with E-state index in [1.807, 2.05) is 6.07 Å². The van der Waals surface area contributed by atoms with Crippen molar-refractivity contribution in [3.8, 4) is 11.5 Å². The van der Waals surface area contributed by atoms with Gasteiger partial charge in [0.25, 0.3) is 0 Å². The summed E-state index contributed by atoms with van der Waals surface area (Å²) in [5, 5.41) is 2.98. The highest BCUT2D eigenvalue weighted by molar-refractivity contribution is 6.16. The molecule has 3 aromatic rings. The number of rotatable bonds is 10. The minimum atomic E-state index is -4.44. The van der Waals surface area contributed by atoms with Crippen LogP contribution in [0.2, 0.25) is 0 Å². The number of nitrogens with one attached hydrogen (secondary N) is 1. The van der Waals surface area contributed by atoms with Crippen molar-refractivity contribution in [3.63, 3.8) is 0 Å². The average Bonchev–Trinajstić information content (AvgIpc) is 3.76. The van der Waals surface area contributed by atoms with Crippen LogP contribution in [0, 0.1) is 0 Å². The van der Waals surface area contributed by atoms with Crippen LogP contribution in [0.25, 0.3) is 0 Å². The zero-order valence-electron chi connectivity index (χ0n) is 22.0. The lowest BCUT2D eigenvalue weighted by Crippen LogP contribution is -2.55. The predicted molar refractivity (Wildman–Crippen MR) is 142 cm³/mol. The van der Waals surface area contributed by atoms with Gasteiger partial charge in [-0.15, -0.1) is 0 Å². The number of methoxy groups -OCH3 is 2. The molecule has 1 atom stereocenters. The summed E-state index contributed by atoms with van der Waals surface area (Å²) < 4.78 is 49.9. The summed E-state index contributed by atoms with van der Waals surface area (Å²) in [6.45, 7) is 1.72. The lowest BCUT2D eigenvalue weighted by molar-refractivity contribution is -0.138. The second kappa shape index (κ2) is 11.4. The van der Waals surface area contributed by atoms with E-state index in [-0.39, 0.29) is 19.0 Å². The molecule has 0 bridgehead atoms. The Balaban J connectivity index is 1.73. The molecule has 206 valence electrons. The fourth-order valence-electron chi connectivity index (χ4n) is 4.39. The summed E-state index contributed by atoms with van der Waals surface area (Å²) in [6.07, 6.45) is -2.46. The van der Waals surface area contributed by atoms with Crippen LogP contribution in [0.3, 0.4) is 0 Å². The lowest BCUT2D eigenvalue weighted by atomic mass is 9.79. The molecule has 1 N–H and O–H groups in total. The van der Waals surface area contributed by atoms with Gasteiger partial charge in [0.2, 0.25) is 11.8 Å². The molecule has 3 aromatic carbocycles. The molecular weight excluding hydrogens is 509 g/mol. The Labute approximate surface area is 225 Å². The molecule has 9 heteroatoms. The van der Waals surface area contributed by atoms with Crippen molar-refractivity contribution in [1.29, 1.82) is 0 Å². The Morgan fingerprint density at radius 3 is 2.10 bits per heavy atom. The zero-order chi connectivity index (χ0) is 28.2. The molecule has 2 amide bonds. The number of ether oxygens (including phenoxy) is 2. The Morgan fingerprint density at radius 2 is 1.54 bits per heavy atom. The maximum Gasteiger partial charge on any atom is 0.416 e. The highest BCUT2D eigenvalue weighted by Crippen LogP contribution is 2.36. The fourth-order valence-corrected chi connectivity index (χ4v) is 4.39. The van der Waals surface area contributed by atoms with Crippen molar-refractivity contribution in [2.24, 2.45) is 0 Å². The SMILES string of the molecule is COc1ccc(N(CCc2ccc(C(F)(F)F)cc2)C(=O)C(C)(C(=O)NC2CC2)c2ccccc2)cc1OC. The maximum absolute atomic E-state index is 14.4. The summed E-state index contributed by atoms with van der Waals surface area (Å²) in [4.78, 5) is 29.5. The van der Waals surface area contributed by atoms with Gasteiger partial charge in [0, 0.05) is 24.3 Å². The highest BCUT2D eigenvalue weighted by Gasteiger charge is 2.47. The van der Waals surface area contributed by atoms with Gasteiger partial charge in [-0.25, -0.2) is 0 Å². The quantitative estimate of drug-likeness (QED) is 0.343. The third-order valence-electron chi connectivity index (χ3n) is 6.97. The number of hydrogen-bond donors (Lipinski definition) is 1. The predicted octanol–water partition coefficient (Wildman–Crippen LogP) is 5.53. The van der Waals surface area contributed by atoms with E-state index in [0.717, 1.165) is 25.0 Å². The lowest BCUT2D eigenvalue weighted by Gasteiger charge is -2.34. The molecule has 0 spiro atoms. The molecule has 1 aliphatic rings. The first kappa shape index (κ1) is 28.0. The number of benzene rings is 3. The van der Waals surface area contributed by atoms with Gasteiger partial charge in [-0.1, -0.05) is 42.5 Å². The third-order valence-corrected chi connectivity index (χ3v) is 6.97. The van der Waals surface area contributed by atoms with Crippen molar-refractivity contribution in [2.45, 2.75) is 43.8 Å². The molecule has 4 rings (SSSR count). The van der Waals surface area contributed by atoms with Gasteiger partial charge in [0.05, 0.1) is 19.8 Å².